The smallest absolute Gasteiger partial charge is 0.305 e. The number of carboxylic acid groups (broad SMARTS) is 1. The van der Waals surface area contributed by atoms with E-state index in [1.165, 1.54) is 22.3 Å². The first-order valence-electron chi connectivity index (χ1n) is 16.1. The average molecular weight is 628 g/mol. The lowest BCUT2D eigenvalue weighted by Gasteiger charge is -2.33. The molecule has 5 heteroatoms. The Morgan fingerprint density at radius 1 is 0.915 bits per heavy atom. The normalized spacial score (nSPS) is 17.8. The zero-order valence-corrected chi connectivity index (χ0v) is 28.1. The third kappa shape index (κ3) is 7.05. The van der Waals surface area contributed by atoms with Gasteiger partial charge in [0, 0.05) is 28.8 Å². The first-order valence-corrected chi connectivity index (χ1v) is 16.1. The van der Waals surface area contributed by atoms with Crippen LogP contribution in [0.3, 0.4) is 0 Å². The molecule has 5 nitrogen and oxygen atoms in total. The SMILES string of the molecule is C=C(/C=C/C=C1/N(CCC(=O)O)c2ccc(OC)cc2C1(C)Cc1ccccc1)C(C)(Cc1ccccc1)c1cc(OC)ccc1C. The van der Waals surface area contributed by atoms with Crippen LogP contribution in [-0.4, -0.2) is 31.8 Å². The lowest BCUT2D eigenvalue weighted by Crippen LogP contribution is -2.32. The van der Waals surface area contributed by atoms with E-state index >= 15 is 0 Å². The Bertz CT molecular complexity index is 1790. The Kier molecular flexibility index (Phi) is 10.0. The van der Waals surface area contributed by atoms with E-state index in [1.54, 1.807) is 14.2 Å². The minimum atomic E-state index is -0.828. The Hall–Kier alpha value is -5.03. The van der Waals surface area contributed by atoms with Crippen LogP contribution in [0.5, 0.6) is 11.5 Å². The number of hydrogen-bond acceptors (Lipinski definition) is 4. The molecule has 0 spiro atoms. The number of carbonyl (C=O) groups is 1. The van der Waals surface area contributed by atoms with Crippen LogP contribution in [-0.2, 0) is 28.5 Å². The third-order valence-electron chi connectivity index (χ3n) is 9.59. The number of allylic oxidation sites excluding steroid dienone is 5. The van der Waals surface area contributed by atoms with Crippen molar-refractivity contribution in [3.8, 4) is 11.5 Å². The van der Waals surface area contributed by atoms with Gasteiger partial charge in [0.2, 0.25) is 0 Å². The molecule has 1 aliphatic rings. The number of rotatable bonds is 13. The van der Waals surface area contributed by atoms with Crippen molar-refractivity contribution in [1.29, 1.82) is 0 Å². The Labute approximate surface area is 279 Å². The van der Waals surface area contributed by atoms with Gasteiger partial charge in [0.05, 0.1) is 20.6 Å². The standard InChI is InChI=1S/C42H45NO4/c1-30-20-21-34(46-5)26-36(30)41(3,28-32-15-9-7-10-16-32)31(2)14-13-19-39-42(4,29-33-17-11-8-12-18-33)37-27-35(47-6)22-23-38(37)43(39)25-24-40(44)45/h7-23,26-27H,2,24-25,28-29H2,1,3-6H3,(H,44,45)/b14-13+,39-19+. The molecule has 2 atom stereocenters. The molecular weight excluding hydrogens is 582 g/mol. The van der Waals surface area contributed by atoms with Crippen LogP contribution in [0.1, 0.15) is 48.1 Å². The van der Waals surface area contributed by atoms with Crippen molar-refractivity contribution in [1.82, 2.24) is 0 Å². The molecule has 1 aliphatic heterocycles. The maximum Gasteiger partial charge on any atom is 0.305 e. The van der Waals surface area contributed by atoms with Crippen molar-refractivity contribution in [2.45, 2.75) is 50.9 Å². The average Bonchev–Trinajstić information content (AvgIpc) is 3.30. The van der Waals surface area contributed by atoms with Crippen molar-refractivity contribution < 1.29 is 19.4 Å². The first kappa shape index (κ1) is 33.3. The van der Waals surface area contributed by atoms with E-state index < -0.39 is 16.8 Å². The number of methoxy groups -OCH3 is 2. The molecule has 1 N–H and O–H groups in total. The molecule has 242 valence electrons. The first-order chi connectivity index (χ1) is 22.6. The fraction of sp³-hybridized carbons (Fsp3) is 0.262. The predicted molar refractivity (Wildman–Crippen MR) is 192 cm³/mol. The van der Waals surface area contributed by atoms with Crippen molar-refractivity contribution >= 4 is 11.7 Å². The number of ether oxygens (including phenoxy) is 2. The molecule has 4 aromatic rings. The van der Waals surface area contributed by atoms with Gasteiger partial charge in [0.1, 0.15) is 11.5 Å². The van der Waals surface area contributed by atoms with Crippen LogP contribution in [0.4, 0.5) is 5.69 Å². The summed E-state index contributed by atoms with van der Waals surface area (Å²) in [6, 6.07) is 33.3. The highest BCUT2D eigenvalue weighted by molar-refractivity contribution is 5.75. The second-order valence-corrected chi connectivity index (χ2v) is 12.8. The lowest BCUT2D eigenvalue weighted by atomic mass is 9.70. The minimum absolute atomic E-state index is 0.0188. The number of nitrogens with zero attached hydrogens (tertiary/aromatic N) is 1. The van der Waals surface area contributed by atoms with Gasteiger partial charge in [-0.2, -0.15) is 0 Å². The van der Waals surface area contributed by atoms with Crippen molar-refractivity contribution in [3.05, 3.63) is 161 Å². The molecule has 0 fully saturated rings. The number of carboxylic acids is 1. The van der Waals surface area contributed by atoms with Crippen molar-refractivity contribution in [2.75, 3.05) is 25.7 Å². The molecule has 0 bridgehead atoms. The summed E-state index contributed by atoms with van der Waals surface area (Å²) in [7, 11) is 3.37. The summed E-state index contributed by atoms with van der Waals surface area (Å²) in [5, 5.41) is 9.68. The van der Waals surface area contributed by atoms with E-state index in [0.717, 1.165) is 46.9 Å². The molecule has 1 heterocycles. The monoisotopic (exact) mass is 627 g/mol. The summed E-state index contributed by atoms with van der Waals surface area (Å²) in [5.41, 5.74) is 8.03. The predicted octanol–water partition coefficient (Wildman–Crippen LogP) is 9.00. The van der Waals surface area contributed by atoms with Gasteiger partial charge in [-0.15, -0.1) is 0 Å². The van der Waals surface area contributed by atoms with E-state index in [9.17, 15) is 9.90 Å². The summed E-state index contributed by atoms with van der Waals surface area (Å²) < 4.78 is 11.3. The lowest BCUT2D eigenvalue weighted by molar-refractivity contribution is -0.136. The maximum atomic E-state index is 11.8. The molecule has 47 heavy (non-hydrogen) atoms. The van der Waals surface area contributed by atoms with Gasteiger partial charge in [0.25, 0.3) is 0 Å². The summed E-state index contributed by atoms with van der Waals surface area (Å²) in [6.45, 7) is 11.6. The van der Waals surface area contributed by atoms with Gasteiger partial charge in [-0.1, -0.05) is 92.4 Å². The maximum absolute atomic E-state index is 11.8. The Morgan fingerprint density at radius 2 is 1.53 bits per heavy atom. The van der Waals surface area contributed by atoms with Gasteiger partial charge in [-0.25, -0.2) is 0 Å². The number of hydrogen-bond donors (Lipinski definition) is 1. The summed E-state index contributed by atoms with van der Waals surface area (Å²) in [4.78, 5) is 14.0. The van der Waals surface area contributed by atoms with E-state index in [-0.39, 0.29) is 6.42 Å². The molecule has 0 amide bonds. The van der Waals surface area contributed by atoms with Crippen LogP contribution >= 0.6 is 0 Å². The van der Waals surface area contributed by atoms with E-state index in [1.807, 2.05) is 30.3 Å². The number of fused-ring (bicyclic) bond motifs is 1. The summed E-state index contributed by atoms with van der Waals surface area (Å²) in [5.74, 6) is 0.760. The molecular formula is C42H45NO4. The number of aliphatic carboxylic acids is 1. The van der Waals surface area contributed by atoms with Crippen molar-refractivity contribution in [2.24, 2.45) is 0 Å². The largest absolute Gasteiger partial charge is 0.497 e. The van der Waals surface area contributed by atoms with Gasteiger partial charge in [-0.3, -0.25) is 4.79 Å². The fourth-order valence-corrected chi connectivity index (χ4v) is 6.94. The minimum Gasteiger partial charge on any atom is -0.497 e. The molecule has 2 unspecified atom stereocenters. The second-order valence-electron chi connectivity index (χ2n) is 12.8. The van der Waals surface area contributed by atoms with Gasteiger partial charge in [-0.05, 0) is 96.5 Å². The van der Waals surface area contributed by atoms with Gasteiger partial charge < -0.3 is 19.5 Å². The topological polar surface area (TPSA) is 59.0 Å². The van der Waals surface area contributed by atoms with Crippen LogP contribution in [0, 0.1) is 6.92 Å². The van der Waals surface area contributed by atoms with Gasteiger partial charge >= 0.3 is 5.97 Å². The van der Waals surface area contributed by atoms with E-state index in [0.29, 0.717) is 6.54 Å². The van der Waals surface area contributed by atoms with Crippen LogP contribution in [0.15, 0.2) is 133 Å². The van der Waals surface area contributed by atoms with Crippen LogP contribution < -0.4 is 14.4 Å². The number of benzene rings is 4. The highest BCUT2D eigenvalue weighted by atomic mass is 16.5. The molecule has 0 saturated carbocycles. The zero-order valence-electron chi connectivity index (χ0n) is 28.1. The Balaban J connectivity index is 1.60. The highest BCUT2D eigenvalue weighted by Crippen LogP contribution is 2.51. The molecule has 0 radical (unpaired) electrons. The summed E-state index contributed by atoms with van der Waals surface area (Å²) in [6.07, 6.45) is 7.86. The van der Waals surface area contributed by atoms with Gasteiger partial charge in [0.15, 0.2) is 0 Å². The van der Waals surface area contributed by atoms with E-state index in [4.69, 9.17) is 9.47 Å². The van der Waals surface area contributed by atoms with Crippen molar-refractivity contribution in [3.63, 3.8) is 0 Å². The fourth-order valence-electron chi connectivity index (χ4n) is 6.94. The van der Waals surface area contributed by atoms with E-state index in [2.05, 4.69) is 117 Å². The number of anilines is 1. The number of aryl methyl sites for hydroxylation is 1. The molecule has 0 saturated heterocycles. The molecule has 0 aromatic heterocycles. The molecule has 5 rings (SSSR count). The summed E-state index contributed by atoms with van der Waals surface area (Å²) >= 11 is 0. The second kappa shape index (κ2) is 14.2. The highest BCUT2D eigenvalue weighted by Gasteiger charge is 2.44. The zero-order chi connectivity index (χ0) is 33.6. The third-order valence-corrected chi connectivity index (χ3v) is 9.59. The molecule has 0 aliphatic carbocycles. The van der Waals surface area contributed by atoms with Crippen LogP contribution in [0.25, 0.3) is 0 Å². The Morgan fingerprint density at radius 3 is 2.17 bits per heavy atom. The quantitative estimate of drug-likeness (QED) is 0.150. The molecule has 4 aromatic carbocycles. The van der Waals surface area contributed by atoms with Crippen LogP contribution in [0.2, 0.25) is 0 Å².